The number of carbonyl (C=O) groups excluding carboxylic acids is 2. The van der Waals surface area contributed by atoms with Gasteiger partial charge < -0.3 is 24.4 Å². The average molecular weight is 387 g/mol. The Bertz CT molecular complexity index is 777. The van der Waals surface area contributed by atoms with Crippen LogP contribution in [-0.2, 0) is 14.3 Å². The zero-order valence-corrected chi connectivity index (χ0v) is 16.4. The molecule has 0 saturated carbocycles. The monoisotopic (exact) mass is 387 g/mol. The molecule has 1 N–H and O–H groups in total. The van der Waals surface area contributed by atoms with Gasteiger partial charge in [-0.05, 0) is 31.9 Å². The van der Waals surface area contributed by atoms with E-state index < -0.39 is 0 Å². The van der Waals surface area contributed by atoms with E-state index in [9.17, 15) is 14.9 Å². The summed E-state index contributed by atoms with van der Waals surface area (Å²) in [5.74, 6) is 0.369. The van der Waals surface area contributed by atoms with Gasteiger partial charge in [-0.3, -0.25) is 9.59 Å². The number of methoxy groups -OCH3 is 2. The number of rotatable bonds is 7. The van der Waals surface area contributed by atoms with Crippen molar-refractivity contribution in [2.75, 3.05) is 39.2 Å². The van der Waals surface area contributed by atoms with Crippen LogP contribution < -0.4 is 14.8 Å². The van der Waals surface area contributed by atoms with Crippen molar-refractivity contribution < 1.29 is 23.8 Å². The zero-order chi connectivity index (χ0) is 20.5. The zero-order valence-electron chi connectivity index (χ0n) is 16.4. The highest BCUT2D eigenvalue weighted by Crippen LogP contribution is 2.29. The highest BCUT2D eigenvalue weighted by molar-refractivity contribution is 5.97. The molecule has 0 spiro atoms. The first-order valence-corrected chi connectivity index (χ1v) is 9.08. The molecular weight excluding hydrogens is 362 g/mol. The molecule has 28 heavy (non-hydrogen) atoms. The first-order valence-electron chi connectivity index (χ1n) is 9.08. The Morgan fingerprint density at radius 3 is 2.57 bits per heavy atom. The van der Waals surface area contributed by atoms with Gasteiger partial charge >= 0.3 is 5.97 Å². The van der Waals surface area contributed by atoms with Crippen molar-refractivity contribution in [3.8, 4) is 17.6 Å². The molecule has 1 heterocycles. The number of carbonyl (C=O) groups is 2. The standard InChI is InChI=1S/C20H25N3O5/c1-4-28-20(25)14-7-9-23(10-8-14)19(24)15(12-21)13-22-17-11-16(26-2)5-6-18(17)27-3/h5-6,11,13-14,22H,4,7-10H2,1-3H3/b15-13-. The van der Waals surface area contributed by atoms with Crippen molar-refractivity contribution >= 4 is 17.6 Å². The molecule has 1 fully saturated rings. The lowest BCUT2D eigenvalue weighted by Gasteiger charge is -2.30. The van der Waals surface area contributed by atoms with E-state index in [2.05, 4.69) is 5.32 Å². The average Bonchev–Trinajstić information content (AvgIpc) is 2.74. The predicted octanol–water partition coefficient (Wildman–Crippen LogP) is 2.32. The van der Waals surface area contributed by atoms with E-state index >= 15 is 0 Å². The number of likely N-dealkylation sites (tertiary alicyclic amines) is 1. The third kappa shape index (κ3) is 5.16. The fraction of sp³-hybridized carbons (Fsp3) is 0.450. The van der Waals surface area contributed by atoms with Crippen molar-refractivity contribution in [2.45, 2.75) is 19.8 Å². The van der Waals surface area contributed by atoms with Crippen LogP contribution in [-0.4, -0.2) is 50.7 Å². The second kappa shape index (κ2) is 10.2. The number of nitrogens with one attached hydrogen (secondary N) is 1. The van der Waals surface area contributed by atoms with Gasteiger partial charge in [0, 0.05) is 25.4 Å². The van der Waals surface area contributed by atoms with Crippen molar-refractivity contribution in [1.82, 2.24) is 4.90 Å². The Balaban J connectivity index is 2.04. The normalized spacial score (nSPS) is 14.8. The number of benzene rings is 1. The predicted molar refractivity (Wildman–Crippen MR) is 103 cm³/mol. The summed E-state index contributed by atoms with van der Waals surface area (Å²) in [6.45, 7) is 2.93. The highest BCUT2D eigenvalue weighted by atomic mass is 16.5. The fourth-order valence-corrected chi connectivity index (χ4v) is 2.97. The Hall–Kier alpha value is -3.21. The van der Waals surface area contributed by atoms with E-state index in [4.69, 9.17) is 14.2 Å². The van der Waals surface area contributed by atoms with Gasteiger partial charge in [-0.2, -0.15) is 5.26 Å². The molecule has 0 atom stereocenters. The molecule has 1 aliphatic rings. The SMILES string of the molecule is CCOC(=O)C1CCN(C(=O)/C(C#N)=C\Nc2cc(OC)ccc2OC)CC1. The first kappa shape index (κ1) is 21.1. The summed E-state index contributed by atoms with van der Waals surface area (Å²) in [7, 11) is 3.08. The summed E-state index contributed by atoms with van der Waals surface area (Å²) >= 11 is 0. The van der Waals surface area contributed by atoms with Crippen LogP contribution in [0.15, 0.2) is 30.0 Å². The molecule has 2 rings (SSSR count). The minimum Gasteiger partial charge on any atom is -0.497 e. The number of nitriles is 1. The van der Waals surface area contributed by atoms with Gasteiger partial charge in [0.05, 0.1) is 32.4 Å². The lowest BCUT2D eigenvalue weighted by Crippen LogP contribution is -2.41. The molecule has 0 radical (unpaired) electrons. The summed E-state index contributed by atoms with van der Waals surface area (Å²) in [5.41, 5.74) is 0.544. The fourth-order valence-electron chi connectivity index (χ4n) is 2.97. The Kier molecular flexibility index (Phi) is 7.69. The molecule has 0 bridgehead atoms. The van der Waals surface area contributed by atoms with Crippen molar-refractivity contribution in [2.24, 2.45) is 5.92 Å². The van der Waals surface area contributed by atoms with Crippen LogP contribution in [0.3, 0.4) is 0 Å². The maximum atomic E-state index is 12.7. The highest BCUT2D eigenvalue weighted by Gasteiger charge is 2.29. The number of hydrogen-bond donors (Lipinski definition) is 1. The number of amides is 1. The molecule has 0 unspecified atom stereocenters. The third-order valence-corrected chi connectivity index (χ3v) is 4.53. The second-order valence-electron chi connectivity index (χ2n) is 6.20. The Labute approximate surface area is 164 Å². The minimum atomic E-state index is -0.376. The first-order chi connectivity index (χ1) is 13.5. The molecule has 150 valence electrons. The smallest absolute Gasteiger partial charge is 0.309 e. The lowest BCUT2D eigenvalue weighted by atomic mass is 9.96. The van der Waals surface area contributed by atoms with Crippen LogP contribution in [0.25, 0.3) is 0 Å². The molecule has 1 aromatic carbocycles. The van der Waals surface area contributed by atoms with E-state index in [1.165, 1.54) is 13.3 Å². The van der Waals surface area contributed by atoms with Crippen LogP contribution in [0.1, 0.15) is 19.8 Å². The largest absolute Gasteiger partial charge is 0.497 e. The second-order valence-corrected chi connectivity index (χ2v) is 6.20. The molecular formula is C20H25N3O5. The molecule has 1 aromatic rings. The maximum absolute atomic E-state index is 12.7. The quantitative estimate of drug-likeness (QED) is 0.435. The van der Waals surface area contributed by atoms with Gasteiger partial charge in [-0.25, -0.2) is 0 Å². The van der Waals surface area contributed by atoms with Crippen molar-refractivity contribution in [1.29, 1.82) is 5.26 Å². The topological polar surface area (TPSA) is 101 Å². The van der Waals surface area contributed by atoms with Gasteiger partial charge in [-0.1, -0.05) is 0 Å². The Morgan fingerprint density at radius 2 is 2.00 bits per heavy atom. The van der Waals surface area contributed by atoms with Crippen molar-refractivity contribution in [3.05, 3.63) is 30.0 Å². The number of hydrogen-bond acceptors (Lipinski definition) is 7. The number of piperidine rings is 1. The van der Waals surface area contributed by atoms with Crippen LogP contribution in [0.2, 0.25) is 0 Å². The number of nitrogens with zero attached hydrogens (tertiary/aromatic N) is 2. The molecule has 0 aliphatic carbocycles. The van der Waals surface area contributed by atoms with Crippen LogP contribution in [0.4, 0.5) is 5.69 Å². The molecule has 1 saturated heterocycles. The minimum absolute atomic E-state index is 0.0283. The van der Waals surface area contributed by atoms with E-state index in [1.807, 2.05) is 6.07 Å². The van der Waals surface area contributed by atoms with E-state index in [0.717, 1.165) is 0 Å². The van der Waals surface area contributed by atoms with Gasteiger partial charge in [-0.15, -0.1) is 0 Å². The van der Waals surface area contributed by atoms with E-state index in [0.29, 0.717) is 49.7 Å². The maximum Gasteiger partial charge on any atom is 0.309 e. The number of anilines is 1. The van der Waals surface area contributed by atoms with Gasteiger partial charge in [0.2, 0.25) is 0 Å². The van der Waals surface area contributed by atoms with Crippen LogP contribution in [0.5, 0.6) is 11.5 Å². The van der Waals surface area contributed by atoms with Gasteiger partial charge in [0.1, 0.15) is 23.1 Å². The summed E-state index contributed by atoms with van der Waals surface area (Å²) in [4.78, 5) is 26.0. The van der Waals surface area contributed by atoms with Crippen LogP contribution in [0, 0.1) is 17.2 Å². The summed E-state index contributed by atoms with van der Waals surface area (Å²) < 4.78 is 15.5. The molecule has 1 aliphatic heterocycles. The molecule has 8 heteroatoms. The summed E-state index contributed by atoms with van der Waals surface area (Å²) in [6, 6.07) is 7.11. The number of esters is 1. The molecule has 8 nitrogen and oxygen atoms in total. The van der Waals surface area contributed by atoms with E-state index in [1.54, 1.807) is 37.1 Å². The lowest BCUT2D eigenvalue weighted by molar-refractivity contribution is -0.150. The van der Waals surface area contributed by atoms with Crippen LogP contribution >= 0.6 is 0 Å². The summed E-state index contributed by atoms with van der Waals surface area (Å²) in [5, 5.41) is 12.3. The van der Waals surface area contributed by atoms with Gasteiger partial charge in [0.25, 0.3) is 5.91 Å². The Morgan fingerprint density at radius 1 is 1.29 bits per heavy atom. The number of ether oxygens (including phenoxy) is 3. The van der Waals surface area contributed by atoms with Crippen molar-refractivity contribution in [3.63, 3.8) is 0 Å². The third-order valence-electron chi connectivity index (χ3n) is 4.53. The van der Waals surface area contributed by atoms with E-state index in [-0.39, 0.29) is 23.4 Å². The summed E-state index contributed by atoms with van der Waals surface area (Å²) in [6.07, 6.45) is 2.41. The van der Waals surface area contributed by atoms with Gasteiger partial charge in [0.15, 0.2) is 0 Å². The molecule has 0 aromatic heterocycles. The molecule has 1 amide bonds.